The Balaban J connectivity index is 1.96. The van der Waals surface area contributed by atoms with Crippen molar-refractivity contribution in [2.75, 3.05) is 7.11 Å². The second-order valence-corrected chi connectivity index (χ2v) is 5.96. The van der Waals surface area contributed by atoms with Crippen LogP contribution < -0.4 is 4.74 Å². The zero-order valence-electron chi connectivity index (χ0n) is 12.7. The number of rotatable bonds is 3. The predicted molar refractivity (Wildman–Crippen MR) is 94.5 cm³/mol. The summed E-state index contributed by atoms with van der Waals surface area (Å²) in [6, 6.07) is 20.0. The maximum absolute atomic E-state index is 5.99. The molecule has 1 aromatic heterocycles. The third kappa shape index (κ3) is 2.45. The first-order valence-electron chi connectivity index (χ1n) is 7.48. The Morgan fingerprint density at radius 2 is 1.70 bits per heavy atom. The van der Waals surface area contributed by atoms with Crippen molar-refractivity contribution in [3.63, 3.8) is 0 Å². The highest BCUT2D eigenvalue weighted by Crippen LogP contribution is 2.37. The van der Waals surface area contributed by atoms with Crippen molar-refractivity contribution in [1.82, 2.24) is 0 Å². The minimum Gasteiger partial charge on any atom is -0.496 e. The topological polar surface area (TPSA) is 22.4 Å². The molecule has 0 aliphatic carbocycles. The summed E-state index contributed by atoms with van der Waals surface area (Å²) >= 11 is 5.99. The van der Waals surface area contributed by atoms with Gasteiger partial charge in [0.2, 0.25) is 0 Å². The summed E-state index contributed by atoms with van der Waals surface area (Å²) < 4.78 is 11.6. The number of hydrogen-bond donors (Lipinski definition) is 0. The van der Waals surface area contributed by atoms with E-state index in [-0.39, 0.29) is 0 Å². The van der Waals surface area contributed by atoms with Crippen LogP contribution in [0.25, 0.3) is 21.9 Å². The molecule has 1 heterocycles. The molecule has 3 heteroatoms. The van der Waals surface area contributed by atoms with Crippen LogP contribution in [0.15, 0.2) is 65.1 Å². The molecule has 0 saturated heterocycles. The number of halogens is 1. The fraction of sp³-hybridized carbons (Fsp3) is 0.100. The van der Waals surface area contributed by atoms with Crippen molar-refractivity contribution >= 4 is 33.5 Å². The Kier molecular flexibility index (Phi) is 3.47. The van der Waals surface area contributed by atoms with Crippen molar-refractivity contribution in [3.8, 4) is 5.75 Å². The minimum absolute atomic E-state index is 0.743. The molecule has 23 heavy (non-hydrogen) atoms. The molecular formula is C20H15ClO2. The minimum atomic E-state index is 0.743. The Morgan fingerprint density at radius 1 is 0.913 bits per heavy atom. The SMILES string of the molecule is COc1ccc2oc3ccccc3c2c1Cc1ccc(Cl)cc1. The van der Waals surface area contributed by atoms with E-state index in [0.717, 1.165) is 44.7 Å². The Bertz CT molecular complexity index is 984. The zero-order chi connectivity index (χ0) is 15.8. The van der Waals surface area contributed by atoms with Crippen molar-refractivity contribution in [1.29, 1.82) is 0 Å². The van der Waals surface area contributed by atoms with Crippen LogP contribution in [0.5, 0.6) is 5.75 Å². The highest BCUT2D eigenvalue weighted by Gasteiger charge is 2.15. The normalized spacial score (nSPS) is 11.2. The molecule has 114 valence electrons. The number of fused-ring (bicyclic) bond motifs is 3. The first-order valence-corrected chi connectivity index (χ1v) is 7.85. The van der Waals surface area contributed by atoms with E-state index < -0.39 is 0 Å². The van der Waals surface area contributed by atoms with Gasteiger partial charge in [-0.05, 0) is 35.9 Å². The van der Waals surface area contributed by atoms with Gasteiger partial charge in [0.15, 0.2) is 0 Å². The maximum atomic E-state index is 5.99. The number of hydrogen-bond acceptors (Lipinski definition) is 2. The molecule has 0 fully saturated rings. The van der Waals surface area contributed by atoms with E-state index in [1.807, 2.05) is 54.6 Å². The second-order valence-electron chi connectivity index (χ2n) is 5.52. The van der Waals surface area contributed by atoms with Gasteiger partial charge in [-0.25, -0.2) is 0 Å². The number of furan rings is 1. The molecule has 0 spiro atoms. The van der Waals surface area contributed by atoms with E-state index in [1.165, 1.54) is 5.56 Å². The fourth-order valence-corrected chi connectivity index (χ4v) is 3.17. The van der Waals surface area contributed by atoms with Gasteiger partial charge in [0.1, 0.15) is 16.9 Å². The Labute approximate surface area is 139 Å². The molecular weight excluding hydrogens is 308 g/mol. The van der Waals surface area contributed by atoms with Crippen LogP contribution in [0.4, 0.5) is 0 Å². The van der Waals surface area contributed by atoms with Crippen LogP contribution in [0.3, 0.4) is 0 Å². The molecule has 3 aromatic carbocycles. The van der Waals surface area contributed by atoms with Crippen LogP contribution in [0, 0.1) is 0 Å². The summed E-state index contributed by atoms with van der Waals surface area (Å²) in [7, 11) is 1.70. The number of methoxy groups -OCH3 is 1. The summed E-state index contributed by atoms with van der Waals surface area (Å²) in [6.45, 7) is 0. The summed E-state index contributed by atoms with van der Waals surface area (Å²) in [6.07, 6.45) is 0.765. The standard InChI is InChI=1S/C20H15ClO2/c1-22-17-10-11-19-20(15-4-2-3-5-18(15)23-19)16(17)12-13-6-8-14(21)9-7-13/h2-11H,12H2,1H3. The first kappa shape index (κ1) is 14.2. The Hall–Kier alpha value is -2.45. The van der Waals surface area contributed by atoms with Gasteiger partial charge in [-0.2, -0.15) is 0 Å². The van der Waals surface area contributed by atoms with E-state index in [1.54, 1.807) is 7.11 Å². The van der Waals surface area contributed by atoms with E-state index in [0.29, 0.717) is 0 Å². The van der Waals surface area contributed by atoms with Gasteiger partial charge in [-0.15, -0.1) is 0 Å². The van der Waals surface area contributed by atoms with Crippen molar-refractivity contribution < 1.29 is 9.15 Å². The van der Waals surface area contributed by atoms with Crippen LogP contribution >= 0.6 is 11.6 Å². The molecule has 4 rings (SSSR count). The molecule has 0 aliphatic heterocycles. The molecule has 0 unspecified atom stereocenters. The van der Waals surface area contributed by atoms with Gasteiger partial charge >= 0.3 is 0 Å². The molecule has 0 bridgehead atoms. The monoisotopic (exact) mass is 322 g/mol. The van der Waals surface area contributed by atoms with E-state index in [4.69, 9.17) is 20.8 Å². The molecule has 0 N–H and O–H groups in total. The highest BCUT2D eigenvalue weighted by atomic mass is 35.5. The van der Waals surface area contributed by atoms with E-state index in [2.05, 4.69) is 6.07 Å². The smallest absolute Gasteiger partial charge is 0.135 e. The average Bonchev–Trinajstić information content (AvgIpc) is 2.96. The second kappa shape index (κ2) is 5.64. The summed E-state index contributed by atoms with van der Waals surface area (Å²) in [4.78, 5) is 0. The molecule has 4 aromatic rings. The van der Waals surface area contributed by atoms with Gasteiger partial charge in [0.25, 0.3) is 0 Å². The molecule has 0 radical (unpaired) electrons. The van der Waals surface area contributed by atoms with Gasteiger partial charge in [0, 0.05) is 27.8 Å². The average molecular weight is 323 g/mol. The van der Waals surface area contributed by atoms with E-state index in [9.17, 15) is 0 Å². The lowest BCUT2D eigenvalue weighted by Gasteiger charge is -2.10. The van der Waals surface area contributed by atoms with Gasteiger partial charge in [-0.3, -0.25) is 0 Å². The lowest BCUT2D eigenvalue weighted by Crippen LogP contribution is -1.94. The van der Waals surface area contributed by atoms with Crippen LogP contribution in [-0.2, 0) is 6.42 Å². The summed E-state index contributed by atoms with van der Waals surface area (Å²) in [5.41, 5.74) is 4.10. The van der Waals surface area contributed by atoms with E-state index >= 15 is 0 Å². The lowest BCUT2D eigenvalue weighted by molar-refractivity contribution is 0.411. The molecule has 0 amide bonds. The molecule has 0 aliphatic rings. The Morgan fingerprint density at radius 3 is 2.48 bits per heavy atom. The molecule has 0 atom stereocenters. The quantitative estimate of drug-likeness (QED) is 0.473. The third-order valence-electron chi connectivity index (χ3n) is 4.12. The maximum Gasteiger partial charge on any atom is 0.135 e. The molecule has 2 nitrogen and oxygen atoms in total. The summed E-state index contributed by atoms with van der Waals surface area (Å²) in [5, 5.41) is 2.98. The highest BCUT2D eigenvalue weighted by molar-refractivity contribution is 6.30. The zero-order valence-corrected chi connectivity index (χ0v) is 13.4. The van der Waals surface area contributed by atoms with Crippen molar-refractivity contribution in [2.45, 2.75) is 6.42 Å². The van der Waals surface area contributed by atoms with Crippen LogP contribution in [0.2, 0.25) is 5.02 Å². The van der Waals surface area contributed by atoms with Gasteiger partial charge < -0.3 is 9.15 Å². The van der Waals surface area contributed by atoms with Crippen molar-refractivity contribution in [2.24, 2.45) is 0 Å². The first-order chi connectivity index (χ1) is 11.3. The largest absolute Gasteiger partial charge is 0.496 e. The predicted octanol–water partition coefficient (Wildman–Crippen LogP) is 5.84. The molecule has 0 saturated carbocycles. The number of ether oxygens (including phenoxy) is 1. The fourth-order valence-electron chi connectivity index (χ4n) is 3.04. The number of benzene rings is 3. The third-order valence-corrected chi connectivity index (χ3v) is 4.37. The van der Waals surface area contributed by atoms with Crippen LogP contribution in [-0.4, -0.2) is 7.11 Å². The van der Waals surface area contributed by atoms with Gasteiger partial charge in [0.05, 0.1) is 7.11 Å². The lowest BCUT2D eigenvalue weighted by atomic mass is 9.98. The van der Waals surface area contributed by atoms with Gasteiger partial charge in [-0.1, -0.05) is 41.9 Å². The number of para-hydroxylation sites is 1. The van der Waals surface area contributed by atoms with Crippen LogP contribution in [0.1, 0.15) is 11.1 Å². The van der Waals surface area contributed by atoms with Crippen molar-refractivity contribution in [3.05, 3.63) is 76.8 Å². The summed E-state index contributed by atoms with van der Waals surface area (Å²) in [5.74, 6) is 0.874.